The summed E-state index contributed by atoms with van der Waals surface area (Å²) in [4.78, 5) is 19.6. The highest BCUT2D eigenvalue weighted by molar-refractivity contribution is 6.03. The standard InChI is InChI=1S/C86H104N8O2.4BrH/c1-11-17-23-43-91-47-35-65(36-48-91)67-39-51-93(52-40-67)45-25-19-21-27-55-95-71-33-29-31-69(57-71)81-83-61(7)73(13-3)77(87-83)59-79-75(15-5)63(9)85(89-79)82(86-64(10)76(16-6)80(90-86)60-78-74(14-4)62(8)84(81)88-78)70-32-30-34-72(58-70)96-56-28-22-20-26-46-94-53-41-68(42-54-94)66-37-49-92(50-38-66)44-24-18-12-2;;;;/h29-42,47-54,57-60H,11-28,43-46,55-56H2,1-10H3;4*1H/q+2;;;;/p-2. The molecule has 0 unspecified atom stereocenters. The van der Waals surface area contributed by atoms with Gasteiger partial charge < -0.3 is 87.4 Å². The summed E-state index contributed by atoms with van der Waals surface area (Å²) in [5.74, 6) is 1.75. The van der Waals surface area contributed by atoms with Crippen molar-refractivity contribution in [3.63, 3.8) is 0 Å². The minimum Gasteiger partial charge on any atom is -1.00 e. The normalized spacial score (nSPS) is 11.9. The van der Waals surface area contributed by atoms with Gasteiger partial charge in [0, 0.05) is 96.4 Å². The fourth-order valence-corrected chi connectivity index (χ4v) is 14.5. The molecule has 0 atom stereocenters. The smallest absolute Gasteiger partial charge is 0.169 e. The monoisotopic (exact) mass is 1600 g/mol. The second kappa shape index (κ2) is 39.5. The van der Waals surface area contributed by atoms with E-state index in [0.29, 0.717) is 13.2 Å². The van der Waals surface area contributed by atoms with E-state index in [2.05, 4.69) is 256 Å². The largest absolute Gasteiger partial charge is 1.00 e. The van der Waals surface area contributed by atoms with Crippen LogP contribution in [0.5, 0.6) is 11.5 Å². The van der Waals surface area contributed by atoms with Crippen LogP contribution in [-0.2, 0) is 39.0 Å². The van der Waals surface area contributed by atoms with Crippen molar-refractivity contribution < 1.29 is 95.7 Å². The molecule has 2 aliphatic rings. The molecule has 11 rings (SSSR count). The fraction of sp³-hybridized carbons (Fsp3) is 0.395. The second-order valence-electron chi connectivity index (χ2n) is 26.7. The van der Waals surface area contributed by atoms with Crippen LogP contribution in [0.4, 0.5) is 0 Å². The molecule has 0 spiro atoms. The van der Waals surface area contributed by atoms with Crippen LogP contribution in [0.2, 0.25) is 0 Å². The number of benzene rings is 2. The van der Waals surface area contributed by atoms with E-state index in [1.54, 1.807) is 0 Å². The lowest BCUT2D eigenvalue weighted by Gasteiger charge is -2.11. The van der Waals surface area contributed by atoms with Crippen LogP contribution >= 0.6 is 0 Å². The molecule has 9 heterocycles. The summed E-state index contributed by atoms with van der Waals surface area (Å²) in [6.07, 6.45) is 37.5. The van der Waals surface area contributed by atoms with E-state index < -0.39 is 0 Å². The molecule has 0 saturated carbocycles. The summed E-state index contributed by atoms with van der Waals surface area (Å²) in [5, 5.41) is 0. The molecule has 14 heteroatoms. The Morgan fingerprint density at radius 3 is 0.980 bits per heavy atom. The molecule has 0 saturated heterocycles. The van der Waals surface area contributed by atoms with E-state index in [0.717, 1.165) is 182 Å². The zero-order valence-electron chi connectivity index (χ0n) is 61.0. The predicted octanol–water partition coefficient (Wildman–Crippen LogP) is 8.23. The Morgan fingerprint density at radius 2 is 0.670 bits per heavy atom. The first kappa shape index (κ1) is 80.5. The van der Waals surface area contributed by atoms with Crippen molar-refractivity contribution >= 4 is 44.4 Å². The van der Waals surface area contributed by atoms with Crippen LogP contribution < -0.4 is 95.7 Å². The number of nitrogens with one attached hydrogen (secondary N) is 2. The lowest BCUT2D eigenvalue weighted by Crippen LogP contribution is -3.00. The van der Waals surface area contributed by atoms with Crippen molar-refractivity contribution in [1.29, 1.82) is 0 Å². The first-order valence-electron chi connectivity index (χ1n) is 36.6. The first-order valence-corrected chi connectivity index (χ1v) is 36.6. The summed E-state index contributed by atoms with van der Waals surface area (Å²) in [6.45, 7) is 28.2. The molecular weight excluding hydrogens is 1500 g/mol. The number of H-pyrrole nitrogens is 2. The molecule has 2 aromatic carbocycles. The van der Waals surface area contributed by atoms with E-state index in [1.165, 1.54) is 105 Å². The van der Waals surface area contributed by atoms with Gasteiger partial charge in [-0.15, -0.1) is 0 Å². The maximum Gasteiger partial charge on any atom is 0.169 e. The van der Waals surface area contributed by atoms with Crippen LogP contribution in [0.3, 0.4) is 0 Å². The fourth-order valence-electron chi connectivity index (χ4n) is 14.5. The molecule has 530 valence electrons. The summed E-state index contributed by atoms with van der Waals surface area (Å²) in [6, 6.07) is 40.1. The minimum absolute atomic E-state index is 0. The number of fused-ring (bicyclic) bond motifs is 8. The van der Waals surface area contributed by atoms with Gasteiger partial charge in [0.15, 0.2) is 49.6 Å². The van der Waals surface area contributed by atoms with E-state index >= 15 is 0 Å². The van der Waals surface area contributed by atoms with Crippen LogP contribution in [-0.4, -0.2) is 33.1 Å². The highest BCUT2D eigenvalue weighted by Crippen LogP contribution is 2.45. The Bertz CT molecular complexity index is 4080. The maximum atomic E-state index is 6.64. The lowest BCUT2D eigenvalue weighted by atomic mass is 9.95. The molecule has 0 radical (unpaired) electrons. The Balaban J connectivity index is 0.00000351. The van der Waals surface area contributed by atoms with Crippen molar-refractivity contribution in [2.75, 3.05) is 13.2 Å². The molecule has 100 heavy (non-hydrogen) atoms. The van der Waals surface area contributed by atoms with Gasteiger partial charge >= 0.3 is 0 Å². The number of aromatic nitrogens is 8. The third kappa shape index (κ3) is 19.5. The summed E-state index contributed by atoms with van der Waals surface area (Å²) >= 11 is 0. The molecule has 0 aliphatic carbocycles. The molecule has 7 aromatic heterocycles. The van der Waals surface area contributed by atoms with Gasteiger partial charge in [-0.05, 0) is 219 Å². The number of pyridine rings is 4. The number of aromatic amines is 2. The number of rotatable bonds is 32. The van der Waals surface area contributed by atoms with Gasteiger partial charge in [-0.3, -0.25) is 0 Å². The van der Waals surface area contributed by atoms with E-state index in [4.69, 9.17) is 19.4 Å². The Labute approximate surface area is 639 Å². The van der Waals surface area contributed by atoms with Gasteiger partial charge in [-0.1, -0.05) is 78.6 Å². The highest BCUT2D eigenvalue weighted by atomic mass is 79.9. The Morgan fingerprint density at radius 1 is 0.350 bits per heavy atom. The number of hydrogen-bond donors (Lipinski definition) is 2. The molecule has 10 nitrogen and oxygen atoms in total. The van der Waals surface area contributed by atoms with Crippen molar-refractivity contribution in [3.8, 4) is 56.0 Å². The van der Waals surface area contributed by atoms with Crippen molar-refractivity contribution in [2.45, 2.75) is 211 Å². The molecule has 0 amide bonds. The average Bonchev–Trinajstić information content (AvgIpc) is 1.59. The van der Waals surface area contributed by atoms with Gasteiger partial charge in [0.05, 0.1) is 47.0 Å². The topological polar surface area (TPSA) is 91.3 Å². The van der Waals surface area contributed by atoms with E-state index in [1.807, 2.05) is 0 Å². The molecule has 2 N–H and O–H groups in total. The average molecular weight is 1600 g/mol. The number of hydrogen-bond acceptors (Lipinski definition) is 4. The van der Waals surface area contributed by atoms with Crippen molar-refractivity contribution in [2.24, 2.45) is 0 Å². The maximum absolute atomic E-state index is 6.64. The third-order valence-corrected chi connectivity index (χ3v) is 20.1. The number of ether oxygens (including phenoxy) is 2. The van der Waals surface area contributed by atoms with Crippen LogP contribution in [0, 0.1) is 13.8 Å². The number of allylic oxidation sites excluding steroid dienone is 4. The van der Waals surface area contributed by atoms with Gasteiger partial charge in [0.1, 0.15) is 37.7 Å². The molecular formula is C86H106Br4N8O2. The van der Waals surface area contributed by atoms with Gasteiger partial charge in [0.2, 0.25) is 0 Å². The molecule has 0 fully saturated rings. The van der Waals surface area contributed by atoms with Gasteiger partial charge in [-0.25, -0.2) is 28.2 Å². The number of unbranched alkanes of at least 4 members (excludes halogenated alkanes) is 10. The van der Waals surface area contributed by atoms with Crippen LogP contribution in [0.15, 0.2) is 159 Å². The first-order chi connectivity index (χ1) is 47.0. The third-order valence-electron chi connectivity index (χ3n) is 20.1. The van der Waals surface area contributed by atoms with Crippen molar-refractivity contribution in [1.82, 2.24) is 19.9 Å². The van der Waals surface area contributed by atoms with E-state index in [-0.39, 0.29) is 67.9 Å². The zero-order valence-corrected chi connectivity index (χ0v) is 67.3. The Hall–Kier alpha value is -6.84. The summed E-state index contributed by atoms with van der Waals surface area (Å²) in [5.41, 5.74) is 27.7. The molecule has 2 aliphatic heterocycles. The highest BCUT2D eigenvalue weighted by Gasteiger charge is 2.27. The summed E-state index contributed by atoms with van der Waals surface area (Å²) < 4.78 is 22.5. The predicted molar refractivity (Wildman–Crippen MR) is 397 cm³/mol. The molecule has 9 aromatic rings. The van der Waals surface area contributed by atoms with Crippen LogP contribution in [0.1, 0.15) is 203 Å². The number of nitrogens with zero attached hydrogens (tertiary/aromatic N) is 6. The van der Waals surface area contributed by atoms with E-state index in [9.17, 15) is 0 Å². The zero-order chi connectivity index (χ0) is 66.9. The van der Waals surface area contributed by atoms with Crippen LogP contribution in [0.25, 0.3) is 88.9 Å². The quantitative estimate of drug-likeness (QED) is 0.0329. The van der Waals surface area contributed by atoms with Crippen molar-refractivity contribution in [3.05, 3.63) is 204 Å². The van der Waals surface area contributed by atoms with Gasteiger partial charge in [-0.2, -0.15) is 0 Å². The lowest BCUT2D eigenvalue weighted by molar-refractivity contribution is -0.697. The summed E-state index contributed by atoms with van der Waals surface area (Å²) in [7, 11) is 0. The Kier molecular flexibility index (Phi) is 31.8. The SMILES string of the molecule is CCCCC[n+]1ccc(-c2cc[n+](CCCCCCOc3cccc(-c4c5nc(cc6[nH]c(c(C)c6CC)c(-c6cccc(OCCCCCC[n+]7ccc(-c8cc[n+](CCCCC)cc8)cc7)c6)c6nc(cc7[nH]c4c(C)c7CC)C(CC)=C6C)C(CC)=C5C)c3)cc2)cc1.[Br-].[Br-].[Br-].[Br-]. The molecule has 8 bridgehead atoms. The number of aryl methyl sites for hydroxylation is 8. The van der Waals surface area contributed by atoms with Gasteiger partial charge in [0.25, 0.3) is 0 Å². The second-order valence-corrected chi connectivity index (χ2v) is 26.7. The number of halogens is 4. The minimum atomic E-state index is 0.